The third kappa shape index (κ3) is 0.744. The van der Waals surface area contributed by atoms with E-state index < -0.39 is 29.4 Å². The normalized spacial score (nSPS) is 49.1. The number of ether oxygens (including phenoxy) is 2. The fourth-order valence-corrected chi connectivity index (χ4v) is 2.97. The summed E-state index contributed by atoms with van der Waals surface area (Å²) in [4.78, 5) is 22.4. The van der Waals surface area contributed by atoms with Crippen molar-refractivity contribution in [3.8, 4) is 0 Å². The van der Waals surface area contributed by atoms with Crippen LogP contribution in [0.5, 0.6) is 0 Å². The zero-order valence-corrected chi connectivity index (χ0v) is 7.43. The Labute approximate surface area is 80.0 Å². The quantitative estimate of drug-likeness (QED) is 0.590. The maximum Gasteiger partial charge on any atom is 0.313 e. The lowest BCUT2D eigenvalue weighted by molar-refractivity contribution is -0.153. The molecule has 14 heavy (non-hydrogen) atoms. The highest BCUT2D eigenvalue weighted by molar-refractivity contribution is 5.85. The van der Waals surface area contributed by atoms with Crippen molar-refractivity contribution in [2.75, 3.05) is 6.61 Å². The first-order chi connectivity index (χ1) is 6.64. The molecule has 0 unspecified atom stereocenters. The molecular formula is C9H10O5. The highest BCUT2D eigenvalue weighted by Crippen LogP contribution is 2.54. The zero-order chi connectivity index (χ0) is 9.92. The van der Waals surface area contributed by atoms with Gasteiger partial charge in [0.25, 0.3) is 0 Å². The van der Waals surface area contributed by atoms with Crippen molar-refractivity contribution < 1.29 is 24.2 Å². The smallest absolute Gasteiger partial charge is 0.313 e. The van der Waals surface area contributed by atoms with E-state index in [4.69, 9.17) is 14.6 Å². The molecule has 3 heterocycles. The minimum absolute atomic E-state index is 0.233. The topological polar surface area (TPSA) is 72.8 Å². The third-order valence-corrected chi connectivity index (χ3v) is 3.56. The van der Waals surface area contributed by atoms with E-state index in [-0.39, 0.29) is 12.7 Å². The molecule has 3 saturated heterocycles. The number of rotatable bonds is 1. The maximum atomic E-state index is 11.4. The van der Waals surface area contributed by atoms with Gasteiger partial charge in [0.05, 0.1) is 12.0 Å². The maximum absolute atomic E-state index is 11.4. The lowest BCUT2D eigenvalue weighted by atomic mass is 9.73. The summed E-state index contributed by atoms with van der Waals surface area (Å²) in [5.41, 5.74) is -0.606. The zero-order valence-electron chi connectivity index (χ0n) is 7.43. The largest absolute Gasteiger partial charge is 0.481 e. The second kappa shape index (κ2) is 2.28. The van der Waals surface area contributed by atoms with Gasteiger partial charge in [-0.25, -0.2) is 0 Å². The highest BCUT2D eigenvalue weighted by atomic mass is 16.6. The monoisotopic (exact) mass is 198 g/mol. The van der Waals surface area contributed by atoms with Crippen LogP contribution in [0.15, 0.2) is 0 Å². The van der Waals surface area contributed by atoms with Gasteiger partial charge >= 0.3 is 11.9 Å². The average molecular weight is 198 g/mol. The molecular weight excluding hydrogens is 188 g/mol. The summed E-state index contributed by atoms with van der Waals surface area (Å²) in [5, 5.41) is 9.01. The van der Waals surface area contributed by atoms with Gasteiger partial charge in [0.1, 0.15) is 18.1 Å². The summed E-state index contributed by atoms with van der Waals surface area (Å²) in [7, 11) is 0. The Morgan fingerprint density at radius 3 is 3.07 bits per heavy atom. The van der Waals surface area contributed by atoms with Crippen LogP contribution in [-0.4, -0.2) is 35.4 Å². The van der Waals surface area contributed by atoms with Crippen LogP contribution in [0.3, 0.4) is 0 Å². The number of esters is 1. The molecule has 76 valence electrons. The molecule has 0 saturated carbocycles. The molecule has 2 bridgehead atoms. The molecule has 3 rings (SSSR count). The number of carbonyl (C=O) groups excluding carboxylic acids is 1. The lowest BCUT2D eigenvalue weighted by Gasteiger charge is -2.23. The van der Waals surface area contributed by atoms with E-state index in [1.54, 1.807) is 0 Å². The minimum Gasteiger partial charge on any atom is -0.481 e. The van der Waals surface area contributed by atoms with Crippen LogP contribution >= 0.6 is 0 Å². The Hall–Kier alpha value is -1.10. The van der Waals surface area contributed by atoms with Crippen molar-refractivity contribution in [1.82, 2.24) is 0 Å². The van der Waals surface area contributed by atoms with Crippen LogP contribution < -0.4 is 0 Å². The molecule has 5 heteroatoms. The summed E-state index contributed by atoms with van der Waals surface area (Å²) in [5.74, 6) is -2.61. The summed E-state index contributed by atoms with van der Waals surface area (Å²) < 4.78 is 10.5. The number of carboxylic acid groups (broad SMARTS) is 1. The van der Waals surface area contributed by atoms with Crippen LogP contribution in [0.25, 0.3) is 0 Å². The fourth-order valence-electron chi connectivity index (χ4n) is 2.97. The minimum atomic E-state index is -0.944. The number of carboxylic acids is 1. The number of aliphatic carboxylic acids is 1. The number of carbonyl (C=O) groups is 2. The van der Waals surface area contributed by atoms with E-state index in [0.29, 0.717) is 0 Å². The van der Waals surface area contributed by atoms with E-state index in [1.165, 1.54) is 0 Å². The molecule has 0 aromatic carbocycles. The lowest BCUT2D eigenvalue weighted by Crippen LogP contribution is -2.41. The van der Waals surface area contributed by atoms with Crippen molar-refractivity contribution in [1.29, 1.82) is 0 Å². The van der Waals surface area contributed by atoms with Crippen LogP contribution in [0.4, 0.5) is 0 Å². The van der Waals surface area contributed by atoms with Gasteiger partial charge in [-0.2, -0.15) is 0 Å². The predicted octanol–water partition coefficient (Wildman–Crippen LogP) is -0.208. The summed E-state index contributed by atoms with van der Waals surface area (Å²) in [6.45, 7) is 0.233. The van der Waals surface area contributed by atoms with Crippen LogP contribution in [0, 0.1) is 11.8 Å². The molecule has 3 aliphatic rings. The van der Waals surface area contributed by atoms with Gasteiger partial charge in [-0.15, -0.1) is 0 Å². The van der Waals surface area contributed by atoms with Gasteiger partial charge in [-0.3, -0.25) is 9.59 Å². The number of hydrogen-bond acceptors (Lipinski definition) is 4. The average Bonchev–Trinajstić information content (AvgIpc) is 2.75. The summed E-state index contributed by atoms with van der Waals surface area (Å²) >= 11 is 0. The van der Waals surface area contributed by atoms with Gasteiger partial charge in [-0.05, 0) is 12.8 Å². The van der Waals surface area contributed by atoms with Crippen LogP contribution in [0.2, 0.25) is 0 Å². The third-order valence-electron chi connectivity index (χ3n) is 3.56. The Kier molecular flexibility index (Phi) is 1.34. The van der Waals surface area contributed by atoms with Crippen LogP contribution in [-0.2, 0) is 19.1 Å². The van der Waals surface area contributed by atoms with E-state index in [0.717, 1.165) is 12.8 Å². The first kappa shape index (κ1) is 8.23. The highest BCUT2D eigenvalue weighted by Gasteiger charge is 2.68. The van der Waals surface area contributed by atoms with Gasteiger partial charge in [-0.1, -0.05) is 0 Å². The second-order valence-electron chi connectivity index (χ2n) is 4.21. The van der Waals surface area contributed by atoms with Crippen molar-refractivity contribution in [2.45, 2.75) is 24.5 Å². The molecule has 0 amide bonds. The Morgan fingerprint density at radius 2 is 2.36 bits per heavy atom. The van der Waals surface area contributed by atoms with Gasteiger partial charge < -0.3 is 14.6 Å². The van der Waals surface area contributed by atoms with E-state index in [1.807, 2.05) is 0 Å². The number of fused-ring (bicyclic) bond motifs is 1. The molecule has 1 N–H and O–H groups in total. The molecule has 5 nitrogen and oxygen atoms in total. The number of hydrogen-bond donors (Lipinski definition) is 1. The number of cyclic esters (lactones) is 1. The molecule has 1 spiro atoms. The molecule has 0 aromatic rings. The Bertz CT molecular complexity index is 325. The van der Waals surface area contributed by atoms with E-state index in [2.05, 4.69) is 0 Å². The SMILES string of the molecule is O=C(O)[C@H]1[C@H]2C(=O)OC[C@@]23CC[C@H]1O3. The Balaban J connectivity index is 2.03. The molecule has 0 radical (unpaired) electrons. The standard InChI is InChI=1S/C9H10O5/c10-7(11)5-4-1-2-9(14-4)3-13-8(12)6(5)9/h4-6H,1-3H2,(H,10,11)/t4-,5-,6+,9+/m1/s1. The van der Waals surface area contributed by atoms with E-state index in [9.17, 15) is 9.59 Å². The molecule has 3 fully saturated rings. The van der Waals surface area contributed by atoms with Crippen LogP contribution in [0.1, 0.15) is 12.8 Å². The second-order valence-corrected chi connectivity index (χ2v) is 4.21. The summed E-state index contributed by atoms with van der Waals surface area (Å²) in [6.07, 6.45) is 1.19. The molecule has 3 aliphatic heterocycles. The van der Waals surface area contributed by atoms with Gasteiger partial charge in [0, 0.05) is 0 Å². The first-order valence-electron chi connectivity index (χ1n) is 4.71. The molecule has 0 aliphatic carbocycles. The predicted molar refractivity (Wildman–Crippen MR) is 42.4 cm³/mol. The van der Waals surface area contributed by atoms with Crippen molar-refractivity contribution in [3.63, 3.8) is 0 Å². The van der Waals surface area contributed by atoms with E-state index >= 15 is 0 Å². The molecule has 4 atom stereocenters. The first-order valence-corrected chi connectivity index (χ1v) is 4.71. The van der Waals surface area contributed by atoms with Gasteiger partial charge in [0.2, 0.25) is 0 Å². The van der Waals surface area contributed by atoms with Crippen molar-refractivity contribution in [3.05, 3.63) is 0 Å². The van der Waals surface area contributed by atoms with Crippen molar-refractivity contribution >= 4 is 11.9 Å². The summed E-state index contributed by atoms with van der Waals surface area (Å²) in [6, 6.07) is 0. The molecule has 0 aromatic heterocycles. The van der Waals surface area contributed by atoms with Gasteiger partial charge in [0.15, 0.2) is 0 Å². The fraction of sp³-hybridized carbons (Fsp3) is 0.778. The Morgan fingerprint density at radius 1 is 1.57 bits per heavy atom. The van der Waals surface area contributed by atoms with Crippen molar-refractivity contribution in [2.24, 2.45) is 11.8 Å².